The maximum absolute atomic E-state index is 13.4. The third-order valence-electron chi connectivity index (χ3n) is 4.49. The lowest BCUT2D eigenvalue weighted by Crippen LogP contribution is -2.45. The number of para-hydroxylation sites is 1. The minimum Gasteiger partial charge on any atom is -0.379 e. The van der Waals surface area contributed by atoms with Gasteiger partial charge in [0.15, 0.2) is 0 Å². The fourth-order valence-electron chi connectivity index (χ4n) is 3.14. The number of benzene rings is 2. The average Bonchev–Trinajstić information content (AvgIpc) is 2.92. The van der Waals surface area contributed by atoms with Gasteiger partial charge in [-0.05, 0) is 24.3 Å². The van der Waals surface area contributed by atoms with Crippen LogP contribution in [0.5, 0.6) is 0 Å². The van der Waals surface area contributed by atoms with E-state index in [4.69, 9.17) is 16.3 Å². The Morgan fingerprint density at radius 1 is 1.15 bits per heavy atom. The molecule has 0 radical (unpaired) electrons. The molecule has 2 heterocycles. The second kappa shape index (κ2) is 7.15. The summed E-state index contributed by atoms with van der Waals surface area (Å²) < 4.78 is 18.7. The van der Waals surface area contributed by atoms with Crippen molar-refractivity contribution in [1.29, 1.82) is 0 Å². The topological polar surface area (TPSA) is 45.1 Å². The van der Waals surface area contributed by atoms with E-state index in [2.05, 4.69) is 9.89 Å². The Balaban J connectivity index is 1.68. The van der Waals surface area contributed by atoms with Crippen LogP contribution in [0.25, 0.3) is 0 Å². The van der Waals surface area contributed by atoms with Crippen molar-refractivity contribution in [3.63, 3.8) is 0 Å². The molecule has 134 valence electrons. The van der Waals surface area contributed by atoms with Crippen molar-refractivity contribution < 1.29 is 13.9 Å². The highest BCUT2D eigenvalue weighted by Gasteiger charge is 2.34. The van der Waals surface area contributed by atoms with Crippen molar-refractivity contribution in [2.24, 2.45) is 4.99 Å². The van der Waals surface area contributed by atoms with Crippen LogP contribution in [0.3, 0.4) is 0 Å². The van der Waals surface area contributed by atoms with Crippen LogP contribution in [0.2, 0.25) is 5.02 Å². The Morgan fingerprint density at radius 3 is 2.69 bits per heavy atom. The van der Waals surface area contributed by atoms with Crippen LogP contribution in [-0.4, -0.2) is 49.5 Å². The van der Waals surface area contributed by atoms with Crippen LogP contribution in [-0.2, 0) is 9.53 Å². The van der Waals surface area contributed by atoms with Crippen molar-refractivity contribution in [3.8, 4) is 0 Å². The number of amides is 1. The fraction of sp³-hybridized carbons (Fsp3) is 0.263. The second-order valence-corrected chi connectivity index (χ2v) is 6.59. The molecule has 4 rings (SSSR count). The van der Waals surface area contributed by atoms with Crippen LogP contribution in [0.4, 0.5) is 15.8 Å². The third kappa shape index (κ3) is 3.23. The van der Waals surface area contributed by atoms with E-state index in [0.29, 0.717) is 31.3 Å². The number of aliphatic imine (C=N–C) groups is 1. The summed E-state index contributed by atoms with van der Waals surface area (Å²) in [6.07, 6.45) is 0. The maximum Gasteiger partial charge on any atom is 0.278 e. The van der Waals surface area contributed by atoms with Crippen LogP contribution in [0.1, 0.15) is 5.56 Å². The molecule has 2 aromatic carbocycles. The van der Waals surface area contributed by atoms with Gasteiger partial charge in [0.1, 0.15) is 11.5 Å². The lowest BCUT2D eigenvalue weighted by molar-refractivity contribution is -0.112. The fourth-order valence-corrected chi connectivity index (χ4v) is 3.31. The van der Waals surface area contributed by atoms with E-state index < -0.39 is 5.82 Å². The van der Waals surface area contributed by atoms with Gasteiger partial charge in [0.2, 0.25) is 0 Å². The van der Waals surface area contributed by atoms with E-state index in [1.54, 1.807) is 4.90 Å². The van der Waals surface area contributed by atoms with Gasteiger partial charge in [-0.25, -0.2) is 9.38 Å². The third-order valence-corrected chi connectivity index (χ3v) is 4.78. The summed E-state index contributed by atoms with van der Waals surface area (Å²) in [6.45, 7) is 3.39. The molecule has 5 nitrogen and oxygen atoms in total. The Kier molecular flexibility index (Phi) is 4.72. The molecule has 2 aliphatic rings. The number of anilines is 1. The molecule has 1 saturated heterocycles. The zero-order valence-electron chi connectivity index (χ0n) is 14.0. The molecule has 0 aromatic heterocycles. The summed E-state index contributed by atoms with van der Waals surface area (Å²) in [5, 5.41) is -0.0178. The minimum atomic E-state index is -0.511. The van der Waals surface area contributed by atoms with Crippen LogP contribution in [0, 0.1) is 5.82 Å². The quantitative estimate of drug-likeness (QED) is 0.829. The molecule has 1 fully saturated rings. The predicted molar refractivity (Wildman–Crippen MR) is 98.8 cm³/mol. The monoisotopic (exact) mass is 373 g/mol. The number of carbonyl (C=O) groups is 1. The number of halogens is 2. The van der Waals surface area contributed by atoms with Crippen molar-refractivity contribution in [3.05, 3.63) is 58.9 Å². The van der Waals surface area contributed by atoms with Gasteiger partial charge in [0.05, 0.1) is 36.3 Å². The summed E-state index contributed by atoms with van der Waals surface area (Å²) in [7, 11) is 0. The molecule has 2 aliphatic heterocycles. The number of morpholine rings is 1. The smallest absolute Gasteiger partial charge is 0.278 e. The number of nitrogens with zero attached hydrogens (tertiary/aromatic N) is 3. The van der Waals surface area contributed by atoms with Gasteiger partial charge in [0, 0.05) is 18.7 Å². The number of hydrogen-bond donors (Lipinski definition) is 0. The summed E-state index contributed by atoms with van der Waals surface area (Å²) >= 11 is 5.84. The van der Waals surface area contributed by atoms with Crippen LogP contribution < -0.4 is 4.90 Å². The first-order valence-corrected chi connectivity index (χ1v) is 8.76. The largest absolute Gasteiger partial charge is 0.379 e. The van der Waals surface area contributed by atoms with Gasteiger partial charge in [-0.1, -0.05) is 29.8 Å². The number of ether oxygens (including phenoxy) is 1. The van der Waals surface area contributed by atoms with Gasteiger partial charge in [-0.3, -0.25) is 14.6 Å². The van der Waals surface area contributed by atoms with E-state index >= 15 is 0 Å². The summed E-state index contributed by atoms with van der Waals surface area (Å²) in [5.41, 5.74) is 2.39. The molecule has 0 aliphatic carbocycles. The summed E-state index contributed by atoms with van der Waals surface area (Å²) in [4.78, 5) is 21.4. The molecule has 7 heteroatoms. The minimum absolute atomic E-state index is 0.0178. The average molecular weight is 374 g/mol. The second-order valence-electron chi connectivity index (χ2n) is 6.18. The zero-order chi connectivity index (χ0) is 18.1. The SMILES string of the molecule is O=C1C(=Nc2ccc(F)c(Cl)c2)c2ccccc2N1CN1CCOCC1. The molecule has 0 unspecified atom stereocenters. The van der Waals surface area contributed by atoms with Crippen LogP contribution >= 0.6 is 11.6 Å². The Hall–Kier alpha value is -2.28. The maximum atomic E-state index is 13.4. The molecule has 2 aromatic rings. The van der Waals surface area contributed by atoms with Gasteiger partial charge >= 0.3 is 0 Å². The number of fused-ring (bicyclic) bond motifs is 1. The Bertz CT molecular complexity index is 881. The normalized spacial score (nSPS) is 19.2. The first-order valence-electron chi connectivity index (χ1n) is 8.38. The first kappa shape index (κ1) is 17.1. The van der Waals surface area contributed by atoms with E-state index in [1.807, 2.05) is 24.3 Å². The number of hydrogen-bond acceptors (Lipinski definition) is 4. The highest BCUT2D eigenvalue weighted by molar-refractivity contribution is 6.54. The van der Waals surface area contributed by atoms with Crippen molar-refractivity contribution >= 4 is 34.6 Å². The van der Waals surface area contributed by atoms with Gasteiger partial charge in [-0.15, -0.1) is 0 Å². The highest BCUT2D eigenvalue weighted by atomic mass is 35.5. The predicted octanol–water partition coefficient (Wildman–Crippen LogP) is 3.24. The van der Waals surface area contributed by atoms with Gasteiger partial charge in [0.25, 0.3) is 5.91 Å². The van der Waals surface area contributed by atoms with Crippen molar-refractivity contribution in [1.82, 2.24) is 4.90 Å². The van der Waals surface area contributed by atoms with Crippen LogP contribution in [0.15, 0.2) is 47.5 Å². The molecule has 0 spiro atoms. The van der Waals surface area contributed by atoms with Crippen molar-refractivity contribution in [2.45, 2.75) is 0 Å². The standard InChI is InChI=1S/C19H17ClFN3O2/c20-15-11-13(5-6-16(15)21)22-18-14-3-1-2-4-17(14)24(19(18)25)12-23-7-9-26-10-8-23/h1-6,11H,7-10,12H2. The van der Waals surface area contributed by atoms with Gasteiger partial charge in [-0.2, -0.15) is 0 Å². The highest BCUT2D eigenvalue weighted by Crippen LogP contribution is 2.31. The molecule has 1 amide bonds. The van der Waals surface area contributed by atoms with E-state index in [1.165, 1.54) is 18.2 Å². The molecule has 0 N–H and O–H groups in total. The van der Waals surface area contributed by atoms with E-state index in [0.717, 1.165) is 24.3 Å². The molecule has 0 saturated carbocycles. The number of rotatable bonds is 3. The lowest BCUT2D eigenvalue weighted by atomic mass is 10.1. The van der Waals surface area contributed by atoms with E-state index in [9.17, 15) is 9.18 Å². The first-order chi connectivity index (χ1) is 12.6. The molecule has 0 atom stereocenters. The lowest BCUT2D eigenvalue weighted by Gasteiger charge is -2.30. The zero-order valence-corrected chi connectivity index (χ0v) is 14.7. The molecule has 26 heavy (non-hydrogen) atoms. The number of carbonyl (C=O) groups excluding carboxylic acids is 1. The van der Waals surface area contributed by atoms with Crippen molar-refractivity contribution in [2.75, 3.05) is 37.9 Å². The molecular formula is C19H17ClFN3O2. The van der Waals surface area contributed by atoms with E-state index in [-0.39, 0.29) is 10.9 Å². The summed E-state index contributed by atoms with van der Waals surface area (Å²) in [6, 6.07) is 11.7. The molecule has 0 bridgehead atoms. The Morgan fingerprint density at radius 2 is 1.92 bits per heavy atom. The summed E-state index contributed by atoms with van der Waals surface area (Å²) in [5.74, 6) is -0.680. The Labute approximate surface area is 155 Å². The van der Waals surface area contributed by atoms with Gasteiger partial charge < -0.3 is 4.74 Å². The molecular weight excluding hydrogens is 357 g/mol.